The molecule has 4 rings (SSSR count). The zero-order valence-electron chi connectivity index (χ0n) is 11.0. The first-order chi connectivity index (χ1) is 9.31. The van der Waals surface area contributed by atoms with Crippen LogP contribution in [0, 0.1) is 0 Å². The first-order valence-electron chi connectivity index (χ1n) is 7.20. The van der Waals surface area contributed by atoms with E-state index >= 15 is 0 Å². The van der Waals surface area contributed by atoms with Gasteiger partial charge >= 0.3 is 0 Å². The van der Waals surface area contributed by atoms with E-state index in [1.54, 1.807) is 0 Å². The molecule has 0 amide bonds. The Bertz CT molecular complexity index is 596. The van der Waals surface area contributed by atoms with Crippen LogP contribution in [0.25, 0.3) is 10.9 Å². The second-order valence-corrected chi connectivity index (χ2v) is 5.91. The SMILES string of the molecule is NC1CC2CCC(C1)N2c1cnc2ccccc2c1. The molecule has 2 aromatic rings. The van der Waals surface area contributed by atoms with Crippen molar-refractivity contribution in [2.24, 2.45) is 5.73 Å². The molecule has 1 aromatic heterocycles. The number of nitrogens with zero attached hydrogens (tertiary/aromatic N) is 2. The lowest BCUT2D eigenvalue weighted by molar-refractivity contribution is 0.414. The Kier molecular flexibility index (Phi) is 2.49. The highest BCUT2D eigenvalue weighted by Crippen LogP contribution is 2.39. The van der Waals surface area contributed by atoms with Gasteiger partial charge in [-0.1, -0.05) is 18.2 Å². The standard InChI is InChI=1S/C16H19N3/c17-12-8-13-5-6-14(9-12)19(13)15-7-11-3-1-2-4-16(11)18-10-15/h1-4,7,10,12-14H,5-6,8-9,17H2. The van der Waals surface area contributed by atoms with Crippen molar-refractivity contribution in [3.8, 4) is 0 Å². The molecule has 2 fully saturated rings. The van der Waals surface area contributed by atoms with E-state index in [9.17, 15) is 0 Å². The molecule has 2 atom stereocenters. The lowest BCUT2D eigenvalue weighted by Gasteiger charge is -2.39. The molecule has 0 spiro atoms. The molecule has 19 heavy (non-hydrogen) atoms. The van der Waals surface area contributed by atoms with Crippen molar-refractivity contribution in [1.29, 1.82) is 0 Å². The molecule has 2 unspecified atom stereocenters. The van der Waals surface area contributed by atoms with Crippen LogP contribution in [0.15, 0.2) is 36.5 Å². The maximum atomic E-state index is 6.14. The van der Waals surface area contributed by atoms with Crippen molar-refractivity contribution in [3.05, 3.63) is 36.5 Å². The fourth-order valence-electron chi connectivity index (χ4n) is 3.84. The van der Waals surface area contributed by atoms with Crippen molar-refractivity contribution >= 4 is 16.6 Å². The van der Waals surface area contributed by atoms with Crippen LogP contribution in [0.2, 0.25) is 0 Å². The molecule has 3 nitrogen and oxygen atoms in total. The zero-order chi connectivity index (χ0) is 12.8. The minimum absolute atomic E-state index is 0.391. The number of benzene rings is 1. The first kappa shape index (κ1) is 11.2. The number of pyridine rings is 1. The van der Waals surface area contributed by atoms with Gasteiger partial charge in [-0.15, -0.1) is 0 Å². The van der Waals surface area contributed by atoms with Crippen molar-refractivity contribution in [2.75, 3.05) is 4.90 Å². The van der Waals surface area contributed by atoms with Gasteiger partial charge in [0.1, 0.15) is 0 Å². The van der Waals surface area contributed by atoms with Gasteiger partial charge in [0.25, 0.3) is 0 Å². The van der Waals surface area contributed by atoms with E-state index in [1.165, 1.54) is 23.9 Å². The summed E-state index contributed by atoms with van der Waals surface area (Å²) in [6.45, 7) is 0. The minimum Gasteiger partial charge on any atom is -0.364 e. The number of hydrogen-bond donors (Lipinski definition) is 1. The number of aromatic nitrogens is 1. The van der Waals surface area contributed by atoms with Gasteiger partial charge in [0.05, 0.1) is 17.4 Å². The van der Waals surface area contributed by atoms with E-state index < -0.39 is 0 Å². The summed E-state index contributed by atoms with van der Waals surface area (Å²) in [5.74, 6) is 0. The molecule has 2 aliphatic heterocycles. The van der Waals surface area contributed by atoms with Gasteiger partial charge in [-0.05, 0) is 37.8 Å². The van der Waals surface area contributed by atoms with Crippen LogP contribution in [0.3, 0.4) is 0 Å². The van der Waals surface area contributed by atoms with Gasteiger partial charge in [0.15, 0.2) is 0 Å². The second kappa shape index (κ2) is 4.20. The summed E-state index contributed by atoms with van der Waals surface area (Å²) in [6.07, 6.45) is 6.85. The molecule has 2 N–H and O–H groups in total. The quantitative estimate of drug-likeness (QED) is 0.849. The number of hydrogen-bond acceptors (Lipinski definition) is 3. The number of fused-ring (bicyclic) bond motifs is 3. The Morgan fingerprint density at radius 3 is 2.63 bits per heavy atom. The third-order valence-electron chi connectivity index (χ3n) is 4.64. The highest BCUT2D eigenvalue weighted by Gasteiger charge is 2.39. The van der Waals surface area contributed by atoms with E-state index in [4.69, 9.17) is 5.73 Å². The average Bonchev–Trinajstić information content (AvgIpc) is 2.70. The van der Waals surface area contributed by atoms with Crippen molar-refractivity contribution in [1.82, 2.24) is 4.98 Å². The van der Waals surface area contributed by atoms with Gasteiger partial charge in [0, 0.05) is 23.5 Å². The predicted molar refractivity (Wildman–Crippen MR) is 78.2 cm³/mol. The summed E-state index contributed by atoms with van der Waals surface area (Å²) in [6, 6.07) is 12.2. The molecule has 3 heterocycles. The number of piperidine rings is 1. The van der Waals surface area contributed by atoms with E-state index in [1.807, 2.05) is 12.3 Å². The van der Waals surface area contributed by atoms with E-state index in [2.05, 4.69) is 34.1 Å². The highest BCUT2D eigenvalue weighted by atomic mass is 15.2. The summed E-state index contributed by atoms with van der Waals surface area (Å²) < 4.78 is 0. The summed E-state index contributed by atoms with van der Waals surface area (Å²) in [5.41, 5.74) is 8.50. The van der Waals surface area contributed by atoms with Crippen molar-refractivity contribution in [3.63, 3.8) is 0 Å². The maximum Gasteiger partial charge on any atom is 0.0703 e. The summed E-state index contributed by atoms with van der Waals surface area (Å²) in [4.78, 5) is 7.17. The molecule has 0 radical (unpaired) electrons. The van der Waals surface area contributed by atoms with Gasteiger partial charge in [-0.25, -0.2) is 0 Å². The molecular weight excluding hydrogens is 234 g/mol. The van der Waals surface area contributed by atoms with Gasteiger partial charge in [0.2, 0.25) is 0 Å². The van der Waals surface area contributed by atoms with Crippen LogP contribution in [0.1, 0.15) is 25.7 Å². The van der Waals surface area contributed by atoms with Gasteiger partial charge in [-0.3, -0.25) is 4.98 Å². The van der Waals surface area contributed by atoms with Gasteiger partial charge in [-0.2, -0.15) is 0 Å². The molecule has 2 saturated heterocycles. The van der Waals surface area contributed by atoms with Crippen LogP contribution >= 0.6 is 0 Å². The number of anilines is 1. The fraction of sp³-hybridized carbons (Fsp3) is 0.438. The first-order valence-corrected chi connectivity index (χ1v) is 7.20. The third kappa shape index (κ3) is 1.80. The second-order valence-electron chi connectivity index (χ2n) is 5.91. The van der Waals surface area contributed by atoms with Gasteiger partial charge < -0.3 is 10.6 Å². The lowest BCUT2D eigenvalue weighted by atomic mass is 9.97. The molecule has 98 valence electrons. The Balaban J connectivity index is 1.74. The number of para-hydroxylation sites is 1. The third-order valence-corrected chi connectivity index (χ3v) is 4.64. The minimum atomic E-state index is 0.391. The van der Waals surface area contributed by atoms with E-state index in [0.717, 1.165) is 18.4 Å². The van der Waals surface area contributed by atoms with Crippen LogP contribution in [-0.4, -0.2) is 23.1 Å². The largest absolute Gasteiger partial charge is 0.364 e. The molecule has 3 heteroatoms. The predicted octanol–water partition coefficient (Wildman–Crippen LogP) is 2.69. The topological polar surface area (TPSA) is 42.1 Å². The molecule has 2 aliphatic rings. The van der Waals surface area contributed by atoms with Crippen LogP contribution < -0.4 is 10.6 Å². The van der Waals surface area contributed by atoms with Crippen LogP contribution in [0.5, 0.6) is 0 Å². The zero-order valence-corrected chi connectivity index (χ0v) is 11.0. The monoisotopic (exact) mass is 253 g/mol. The lowest BCUT2D eigenvalue weighted by Crippen LogP contribution is -2.47. The molecule has 0 aliphatic carbocycles. The number of nitrogens with two attached hydrogens (primary N) is 1. The fourth-order valence-corrected chi connectivity index (χ4v) is 3.84. The molecular formula is C16H19N3. The Hall–Kier alpha value is -1.61. The summed E-state index contributed by atoms with van der Waals surface area (Å²) >= 11 is 0. The van der Waals surface area contributed by atoms with Crippen LogP contribution in [0.4, 0.5) is 5.69 Å². The van der Waals surface area contributed by atoms with Crippen LogP contribution in [-0.2, 0) is 0 Å². The molecule has 1 aromatic carbocycles. The Morgan fingerprint density at radius 2 is 1.84 bits per heavy atom. The molecule has 2 bridgehead atoms. The highest BCUT2D eigenvalue weighted by molar-refractivity contribution is 5.81. The Labute approximate surface area is 113 Å². The average molecular weight is 253 g/mol. The maximum absolute atomic E-state index is 6.14. The summed E-state index contributed by atoms with van der Waals surface area (Å²) in [7, 11) is 0. The number of rotatable bonds is 1. The van der Waals surface area contributed by atoms with Crippen molar-refractivity contribution < 1.29 is 0 Å². The van der Waals surface area contributed by atoms with Crippen molar-refractivity contribution in [2.45, 2.75) is 43.8 Å². The Morgan fingerprint density at radius 1 is 1.11 bits per heavy atom. The van der Waals surface area contributed by atoms with E-state index in [-0.39, 0.29) is 0 Å². The smallest absolute Gasteiger partial charge is 0.0703 e. The normalized spacial score (nSPS) is 29.9. The van der Waals surface area contributed by atoms with E-state index in [0.29, 0.717) is 18.1 Å². The molecule has 0 saturated carbocycles. The summed E-state index contributed by atoms with van der Waals surface area (Å²) in [5, 5.41) is 1.23.